The highest BCUT2D eigenvalue weighted by Gasteiger charge is 2.30. The van der Waals surface area contributed by atoms with Gasteiger partial charge in [-0.2, -0.15) is 0 Å². The third-order valence-corrected chi connectivity index (χ3v) is 4.30. The van der Waals surface area contributed by atoms with E-state index in [2.05, 4.69) is 30.5 Å². The number of hydrogen-bond donors (Lipinski definition) is 1. The molecule has 1 aromatic carbocycles. The van der Waals surface area contributed by atoms with Gasteiger partial charge in [0.25, 0.3) is 0 Å². The van der Waals surface area contributed by atoms with Crippen LogP contribution in [0.2, 0.25) is 0 Å². The summed E-state index contributed by atoms with van der Waals surface area (Å²) in [7, 11) is 4.15. The zero-order chi connectivity index (χ0) is 15.1. The molecule has 1 aliphatic rings. The number of imidazole rings is 1. The topological polar surface area (TPSA) is 58.4 Å². The van der Waals surface area contributed by atoms with E-state index in [4.69, 9.17) is 10.1 Å². The van der Waals surface area contributed by atoms with E-state index in [0.717, 1.165) is 23.4 Å². The maximum Gasteiger partial charge on any atom is 0.335 e. The summed E-state index contributed by atoms with van der Waals surface area (Å²) < 4.78 is 2.27. The number of aromatic nitrogens is 2. The molecule has 1 fully saturated rings. The van der Waals surface area contributed by atoms with E-state index in [1.807, 2.05) is 6.07 Å². The van der Waals surface area contributed by atoms with Crippen molar-refractivity contribution in [1.29, 1.82) is 0 Å². The molecule has 5 heteroatoms. The number of aromatic carboxylic acids is 1. The third-order valence-electron chi connectivity index (χ3n) is 4.30. The Morgan fingerprint density at radius 1 is 1.48 bits per heavy atom. The van der Waals surface area contributed by atoms with Crippen LogP contribution in [0.3, 0.4) is 0 Å². The largest absolute Gasteiger partial charge is 0.478 e. The van der Waals surface area contributed by atoms with E-state index in [1.54, 1.807) is 12.1 Å². The van der Waals surface area contributed by atoms with Crippen molar-refractivity contribution in [1.82, 2.24) is 14.5 Å². The molecule has 0 amide bonds. The van der Waals surface area contributed by atoms with Gasteiger partial charge in [0.2, 0.25) is 0 Å². The summed E-state index contributed by atoms with van der Waals surface area (Å²) in [6, 6.07) is 5.64. The van der Waals surface area contributed by atoms with Crippen molar-refractivity contribution in [3.63, 3.8) is 0 Å². The van der Waals surface area contributed by atoms with Crippen LogP contribution in [0.1, 0.15) is 41.9 Å². The minimum Gasteiger partial charge on any atom is -0.478 e. The lowest BCUT2D eigenvalue weighted by atomic mass is 10.2. The summed E-state index contributed by atoms with van der Waals surface area (Å²) in [5, 5.41) is 9.12. The first-order valence-corrected chi connectivity index (χ1v) is 7.37. The Hall–Kier alpha value is -1.88. The monoisotopic (exact) mass is 287 g/mol. The van der Waals surface area contributed by atoms with Crippen LogP contribution >= 0.6 is 0 Å². The van der Waals surface area contributed by atoms with Gasteiger partial charge < -0.3 is 14.6 Å². The van der Waals surface area contributed by atoms with Crippen molar-refractivity contribution in [2.45, 2.75) is 38.3 Å². The second-order valence-corrected chi connectivity index (χ2v) is 6.18. The van der Waals surface area contributed by atoms with Crippen LogP contribution in [0.15, 0.2) is 18.2 Å². The van der Waals surface area contributed by atoms with Crippen LogP contribution < -0.4 is 0 Å². The third kappa shape index (κ3) is 2.65. The number of rotatable bonds is 5. The minimum atomic E-state index is -0.902. The molecule has 5 nitrogen and oxygen atoms in total. The molecule has 0 saturated heterocycles. The lowest BCUT2D eigenvalue weighted by molar-refractivity contribution is 0.0697. The average Bonchev–Trinajstić information content (AvgIpc) is 3.22. The van der Waals surface area contributed by atoms with Crippen molar-refractivity contribution >= 4 is 17.0 Å². The number of fused-ring (bicyclic) bond motifs is 1. The highest BCUT2D eigenvalue weighted by Crippen LogP contribution is 2.40. The van der Waals surface area contributed by atoms with Gasteiger partial charge in [-0.15, -0.1) is 0 Å². The minimum absolute atomic E-state index is 0.301. The predicted molar refractivity (Wildman–Crippen MR) is 81.8 cm³/mol. The van der Waals surface area contributed by atoms with Crippen molar-refractivity contribution in [3.8, 4) is 0 Å². The Labute approximate surface area is 124 Å². The van der Waals surface area contributed by atoms with Crippen LogP contribution in [-0.4, -0.2) is 45.7 Å². The first-order valence-electron chi connectivity index (χ1n) is 7.37. The van der Waals surface area contributed by atoms with Crippen molar-refractivity contribution in [3.05, 3.63) is 29.6 Å². The number of likely N-dealkylation sites (N-methyl/N-ethyl adjacent to an activating group) is 1. The van der Waals surface area contributed by atoms with E-state index in [0.29, 0.717) is 17.5 Å². The Bertz CT molecular complexity index is 686. The normalized spacial score (nSPS) is 16.6. The van der Waals surface area contributed by atoms with E-state index in [-0.39, 0.29) is 0 Å². The Kier molecular flexibility index (Phi) is 3.45. The average molecular weight is 287 g/mol. The SMILES string of the molecule is CC(Cn1c(C2CC2)nc2cc(C(=O)O)ccc21)N(C)C. The second kappa shape index (κ2) is 5.15. The molecule has 1 aromatic heterocycles. The highest BCUT2D eigenvalue weighted by molar-refractivity contribution is 5.92. The first-order chi connectivity index (χ1) is 9.97. The van der Waals surface area contributed by atoms with Gasteiger partial charge in [-0.3, -0.25) is 0 Å². The van der Waals surface area contributed by atoms with Crippen molar-refractivity contribution in [2.24, 2.45) is 0 Å². The Balaban J connectivity index is 2.07. The molecule has 1 unspecified atom stereocenters. The number of nitrogens with zero attached hydrogens (tertiary/aromatic N) is 3. The lowest BCUT2D eigenvalue weighted by Gasteiger charge is -2.21. The second-order valence-electron chi connectivity index (χ2n) is 6.18. The number of benzene rings is 1. The van der Waals surface area contributed by atoms with E-state index >= 15 is 0 Å². The van der Waals surface area contributed by atoms with Gasteiger partial charge in [0, 0.05) is 18.5 Å². The molecular weight excluding hydrogens is 266 g/mol. The van der Waals surface area contributed by atoms with Gasteiger partial charge in [-0.1, -0.05) is 0 Å². The first kappa shape index (κ1) is 14.1. The molecule has 3 rings (SSSR count). The van der Waals surface area contributed by atoms with Crippen molar-refractivity contribution < 1.29 is 9.90 Å². The van der Waals surface area contributed by atoms with Gasteiger partial charge in [0.1, 0.15) is 5.82 Å². The van der Waals surface area contributed by atoms with Crippen LogP contribution in [0.25, 0.3) is 11.0 Å². The lowest BCUT2D eigenvalue weighted by Crippen LogP contribution is -2.29. The molecule has 0 radical (unpaired) electrons. The van der Waals surface area contributed by atoms with Crippen LogP contribution in [-0.2, 0) is 6.54 Å². The zero-order valence-corrected chi connectivity index (χ0v) is 12.7. The fourth-order valence-electron chi connectivity index (χ4n) is 2.55. The maximum atomic E-state index is 11.1. The smallest absolute Gasteiger partial charge is 0.335 e. The van der Waals surface area contributed by atoms with E-state index < -0.39 is 5.97 Å². The van der Waals surface area contributed by atoms with Gasteiger partial charge >= 0.3 is 5.97 Å². The van der Waals surface area contributed by atoms with E-state index in [1.165, 1.54) is 12.8 Å². The fraction of sp³-hybridized carbons (Fsp3) is 0.500. The quantitative estimate of drug-likeness (QED) is 0.918. The summed E-state index contributed by atoms with van der Waals surface area (Å²) in [5.74, 6) is 0.752. The molecular formula is C16H21N3O2. The summed E-state index contributed by atoms with van der Waals surface area (Å²) in [6.07, 6.45) is 2.37. The van der Waals surface area contributed by atoms with Gasteiger partial charge in [0.05, 0.1) is 16.6 Å². The number of carbonyl (C=O) groups is 1. The molecule has 1 N–H and O–H groups in total. The molecule has 1 saturated carbocycles. The molecule has 0 aliphatic heterocycles. The summed E-state index contributed by atoms with van der Waals surface area (Å²) in [4.78, 5) is 18.0. The molecule has 0 bridgehead atoms. The van der Waals surface area contributed by atoms with Gasteiger partial charge in [0.15, 0.2) is 0 Å². The molecule has 1 aliphatic carbocycles. The standard InChI is InChI=1S/C16H21N3O2/c1-10(18(2)3)9-19-14-7-6-12(16(20)21)8-13(14)17-15(19)11-4-5-11/h6-8,10-11H,4-5,9H2,1-3H3,(H,20,21). The predicted octanol–water partition coefficient (Wildman–Crippen LogP) is 2.56. The van der Waals surface area contributed by atoms with Crippen LogP contribution in [0.5, 0.6) is 0 Å². The Morgan fingerprint density at radius 3 is 2.76 bits per heavy atom. The molecule has 112 valence electrons. The highest BCUT2D eigenvalue weighted by atomic mass is 16.4. The number of hydrogen-bond acceptors (Lipinski definition) is 3. The van der Waals surface area contributed by atoms with Crippen molar-refractivity contribution in [2.75, 3.05) is 14.1 Å². The summed E-state index contributed by atoms with van der Waals surface area (Å²) in [6.45, 7) is 3.07. The molecule has 1 atom stereocenters. The molecule has 1 heterocycles. The molecule has 0 spiro atoms. The van der Waals surface area contributed by atoms with E-state index in [9.17, 15) is 4.79 Å². The molecule has 2 aromatic rings. The number of carboxylic acids is 1. The summed E-state index contributed by atoms with van der Waals surface area (Å²) in [5.41, 5.74) is 2.13. The fourth-order valence-corrected chi connectivity index (χ4v) is 2.55. The van der Waals surface area contributed by atoms with Gasteiger partial charge in [-0.05, 0) is 52.1 Å². The zero-order valence-electron chi connectivity index (χ0n) is 12.7. The summed E-state index contributed by atoms with van der Waals surface area (Å²) >= 11 is 0. The number of carboxylic acid groups (broad SMARTS) is 1. The van der Waals surface area contributed by atoms with Gasteiger partial charge in [-0.25, -0.2) is 9.78 Å². The Morgan fingerprint density at radius 2 is 2.19 bits per heavy atom. The van der Waals surface area contributed by atoms with Crippen LogP contribution in [0.4, 0.5) is 0 Å². The molecule has 21 heavy (non-hydrogen) atoms. The van der Waals surface area contributed by atoms with Crippen LogP contribution in [0, 0.1) is 0 Å². The maximum absolute atomic E-state index is 11.1.